The predicted molar refractivity (Wildman–Crippen MR) is 133 cm³/mol. The number of rotatable bonds is 11. The molecule has 0 unspecified atom stereocenters. The van der Waals surface area contributed by atoms with Crippen molar-refractivity contribution in [2.75, 3.05) is 18.5 Å². The van der Waals surface area contributed by atoms with E-state index in [9.17, 15) is 9.59 Å². The zero-order chi connectivity index (χ0) is 24.5. The molecule has 0 amide bonds. The van der Waals surface area contributed by atoms with Gasteiger partial charge in [0.1, 0.15) is 5.82 Å². The van der Waals surface area contributed by atoms with Crippen molar-refractivity contribution in [2.24, 2.45) is 0 Å². The first-order chi connectivity index (χ1) is 16.5. The van der Waals surface area contributed by atoms with Gasteiger partial charge in [0.25, 0.3) is 0 Å². The highest BCUT2D eigenvalue weighted by Gasteiger charge is 2.17. The molecule has 7 nitrogen and oxygen atoms in total. The summed E-state index contributed by atoms with van der Waals surface area (Å²) in [7, 11) is 0. The third-order valence-electron chi connectivity index (χ3n) is 5.49. The summed E-state index contributed by atoms with van der Waals surface area (Å²) < 4.78 is 12.5. The molecule has 0 spiro atoms. The quantitative estimate of drug-likeness (QED) is 0.379. The van der Waals surface area contributed by atoms with E-state index in [1.54, 1.807) is 26.0 Å². The molecule has 3 aromatic rings. The zero-order valence-corrected chi connectivity index (χ0v) is 20.4. The summed E-state index contributed by atoms with van der Waals surface area (Å²) in [6.45, 7) is 8.85. The third-order valence-corrected chi connectivity index (χ3v) is 5.49. The fraction of sp³-hybridized carbons (Fsp3) is 0.370. The molecule has 7 heteroatoms. The second kappa shape index (κ2) is 12.0. The van der Waals surface area contributed by atoms with E-state index in [1.165, 1.54) is 0 Å². The van der Waals surface area contributed by atoms with Crippen LogP contribution in [0.15, 0.2) is 48.7 Å². The lowest BCUT2D eigenvalue weighted by Crippen LogP contribution is -2.13. The molecule has 0 aliphatic heterocycles. The average Bonchev–Trinajstić information content (AvgIpc) is 3.24. The van der Waals surface area contributed by atoms with E-state index in [0.717, 1.165) is 42.0 Å². The van der Waals surface area contributed by atoms with Gasteiger partial charge < -0.3 is 14.8 Å². The maximum atomic E-state index is 12.3. The number of ether oxygens (including phenoxy) is 2. The molecule has 0 atom stereocenters. The summed E-state index contributed by atoms with van der Waals surface area (Å²) >= 11 is 0. The van der Waals surface area contributed by atoms with Crippen LogP contribution in [-0.2, 0) is 22.4 Å². The molecule has 3 rings (SSSR count). The Labute approximate surface area is 201 Å². The number of benzene rings is 2. The van der Waals surface area contributed by atoms with Crippen LogP contribution in [0.3, 0.4) is 0 Å². The van der Waals surface area contributed by atoms with E-state index in [0.29, 0.717) is 36.6 Å². The molecular weight excluding hydrogens is 430 g/mol. The fourth-order valence-electron chi connectivity index (χ4n) is 3.82. The van der Waals surface area contributed by atoms with Crippen LogP contribution in [0.1, 0.15) is 71.4 Å². The molecule has 0 aliphatic carbocycles. The van der Waals surface area contributed by atoms with Crippen molar-refractivity contribution in [3.8, 4) is 5.69 Å². The first-order valence-corrected chi connectivity index (χ1v) is 11.8. The average molecular weight is 464 g/mol. The minimum Gasteiger partial charge on any atom is -0.462 e. The maximum absolute atomic E-state index is 12.3. The number of aromatic nitrogens is 2. The van der Waals surface area contributed by atoms with Gasteiger partial charge in [0.2, 0.25) is 0 Å². The Morgan fingerprint density at radius 2 is 1.74 bits per heavy atom. The second-order valence-electron chi connectivity index (χ2n) is 7.95. The molecule has 180 valence electrons. The molecule has 0 fully saturated rings. The summed E-state index contributed by atoms with van der Waals surface area (Å²) in [6, 6.07) is 12.9. The summed E-state index contributed by atoms with van der Waals surface area (Å²) in [4.78, 5) is 29.2. The number of para-hydroxylation sites is 1. The highest BCUT2D eigenvalue weighted by Crippen LogP contribution is 2.24. The van der Waals surface area contributed by atoms with Gasteiger partial charge in [-0.1, -0.05) is 25.5 Å². The van der Waals surface area contributed by atoms with Gasteiger partial charge in [-0.25, -0.2) is 14.6 Å². The van der Waals surface area contributed by atoms with Crippen LogP contribution in [0.2, 0.25) is 0 Å². The van der Waals surface area contributed by atoms with Gasteiger partial charge in [-0.3, -0.25) is 4.57 Å². The molecule has 34 heavy (non-hydrogen) atoms. The Morgan fingerprint density at radius 1 is 1.00 bits per heavy atom. The first-order valence-electron chi connectivity index (χ1n) is 11.8. The van der Waals surface area contributed by atoms with Crippen LogP contribution in [0.25, 0.3) is 5.69 Å². The predicted octanol–water partition coefficient (Wildman–Crippen LogP) is 5.49. The molecular formula is C27H33N3O4. The Bertz CT molecular complexity index is 1140. The third kappa shape index (κ3) is 5.84. The van der Waals surface area contributed by atoms with Crippen molar-refractivity contribution in [1.29, 1.82) is 0 Å². The largest absolute Gasteiger partial charge is 0.462 e. The van der Waals surface area contributed by atoms with Gasteiger partial charge in [-0.15, -0.1) is 0 Å². The van der Waals surface area contributed by atoms with Crippen molar-refractivity contribution in [3.05, 3.63) is 76.9 Å². The van der Waals surface area contributed by atoms with Gasteiger partial charge in [0, 0.05) is 12.1 Å². The van der Waals surface area contributed by atoms with E-state index >= 15 is 0 Å². The first kappa shape index (κ1) is 25.0. The number of anilines is 1. The van der Waals surface area contributed by atoms with Gasteiger partial charge in [-0.05, 0) is 63.1 Å². The number of aryl methyl sites for hydroxylation is 2. The second-order valence-corrected chi connectivity index (χ2v) is 7.95. The summed E-state index contributed by atoms with van der Waals surface area (Å²) in [5, 5.41) is 3.38. The number of imidazole rings is 1. The molecule has 0 radical (unpaired) electrons. The monoisotopic (exact) mass is 463 g/mol. The lowest BCUT2D eigenvalue weighted by Gasteiger charge is -2.17. The Kier molecular flexibility index (Phi) is 8.85. The number of unbranched alkanes of at least 4 members (excludes halogenated alkanes) is 1. The molecule has 0 saturated heterocycles. The number of carbonyl (C=O) groups is 2. The lowest BCUT2D eigenvalue weighted by atomic mass is 10.1. The minimum atomic E-state index is -0.354. The van der Waals surface area contributed by atoms with Crippen molar-refractivity contribution in [1.82, 2.24) is 9.55 Å². The summed E-state index contributed by atoms with van der Waals surface area (Å²) in [6.07, 6.45) is 4.79. The summed E-state index contributed by atoms with van der Waals surface area (Å²) in [5.74, 6) is 0.281. The van der Waals surface area contributed by atoms with Crippen LogP contribution in [-0.4, -0.2) is 34.7 Å². The van der Waals surface area contributed by atoms with Crippen molar-refractivity contribution in [2.45, 2.75) is 53.5 Å². The lowest BCUT2D eigenvalue weighted by molar-refractivity contribution is 0.0517. The van der Waals surface area contributed by atoms with E-state index in [1.807, 2.05) is 43.5 Å². The van der Waals surface area contributed by atoms with E-state index in [2.05, 4.69) is 16.8 Å². The molecule has 1 heterocycles. The summed E-state index contributed by atoms with van der Waals surface area (Å²) in [5.41, 5.74) is 4.61. The van der Waals surface area contributed by atoms with Gasteiger partial charge >= 0.3 is 11.9 Å². The zero-order valence-electron chi connectivity index (χ0n) is 20.4. The number of nitrogens with one attached hydrogen (secondary N) is 1. The van der Waals surface area contributed by atoms with E-state index in [4.69, 9.17) is 14.5 Å². The smallest absolute Gasteiger partial charge is 0.340 e. The molecule has 2 aromatic carbocycles. The number of nitrogens with zero attached hydrogens (tertiary/aromatic N) is 2. The van der Waals surface area contributed by atoms with Crippen molar-refractivity contribution in [3.63, 3.8) is 0 Å². The van der Waals surface area contributed by atoms with Crippen LogP contribution in [0.5, 0.6) is 0 Å². The standard InChI is InChI=1S/C27H33N3O4/c1-5-8-13-25-29-18-21(17-28-23-12-10-9-11-22(23)27(32)34-7-3)30(25)24-15-14-20(16-19(24)4)26(31)33-6-2/h9-12,14-16,18,28H,5-8,13,17H2,1-4H3. The van der Waals surface area contributed by atoms with Crippen molar-refractivity contribution >= 4 is 17.6 Å². The van der Waals surface area contributed by atoms with Gasteiger partial charge in [-0.2, -0.15) is 0 Å². The molecule has 0 saturated carbocycles. The number of carbonyl (C=O) groups excluding carboxylic acids is 2. The fourth-order valence-corrected chi connectivity index (χ4v) is 3.82. The Hall–Kier alpha value is -3.61. The van der Waals surface area contributed by atoms with Gasteiger partial charge in [0.05, 0.1) is 48.5 Å². The number of hydrogen-bond acceptors (Lipinski definition) is 6. The topological polar surface area (TPSA) is 82.5 Å². The van der Waals surface area contributed by atoms with Gasteiger partial charge in [0.15, 0.2) is 0 Å². The van der Waals surface area contributed by atoms with Crippen LogP contribution in [0.4, 0.5) is 5.69 Å². The maximum Gasteiger partial charge on any atom is 0.340 e. The minimum absolute atomic E-state index is 0.321. The highest BCUT2D eigenvalue weighted by atomic mass is 16.5. The van der Waals surface area contributed by atoms with Crippen LogP contribution in [0, 0.1) is 6.92 Å². The Morgan fingerprint density at radius 3 is 2.44 bits per heavy atom. The van der Waals surface area contributed by atoms with E-state index in [-0.39, 0.29) is 11.9 Å². The molecule has 0 bridgehead atoms. The Balaban J connectivity index is 1.93. The molecule has 1 N–H and O–H groups in total. The number of esters is 2. The highest BCUT2D eigenvalue weighted by molar-refractivity contribution is 5.95. The molecule has 1 aromatic heterocycles. The van der Waals surface area contributed by atoms with Crippen LogP contribution < -0.4 is 5.32 Å². The van der Waals surface area contributed by atoms with E-state index < -0.39 is 0 Å². The SMILES string of the molecule is CCCCc1ncc(CNc2ccccc2C(=O)OCC)n1-c1ccc(C(=O)OCC)cc1C. The van der Waals surface area contributed by atoms with Crippen LogP contribution >= 0.6 is 0 Å². The number of hydrogen-bond donors (Lipinski definition) is 1. The van der Waals surface area contributed by atoms with Crippen molar-refractivity contribution < 1.29 is 19.1 Å². The normalized spacial score (nSPS) is 10.7. The molecule has 0 aliphatic rings.